The fraction of sp³-hybridized carbons (Fsp3) is 0.167. The Bertz CT molecular complexity index is 1060. The molecular weight excluding hydrogens is 390 g/mol. The Labute approximate surface area is 192 Å². The Kier molecular flexibility index (Phi) is 8.39. The predicted molar refractivity (Wildman–Crippen MR) is 135 cm³/mol. The lowest BCUT2D eigenvalue weighted by Gasteiger charge is -2.28. The molecule has 0 aliphatic rings. The van der Waals surface area contributed by atoms with E-state index in [1.54, 1.807) is 0 Å². The van der Waals surface area contributed by atoms with E-state index >= 15 is 0 Å². The van der Waals surface area contributed by atoms with E-state index in [0.717, 1.165) is 36.1 Å². The molecular formula is C30H31NO. The van der Waals surface area contributed by atoms with Gasteiger partial charge in [-0.15, -0.1) is 0 Å². The highest BCUT2D eigenvalue weighted by Gasteiger charge is 2.13. The van der Waals surface area contributed by atoms with Crippen LogP contribution in [-0.2, 0) is 13.1 Å². The number of aldehydes is 1. The largest absolute Gasteiger partial charge is 0.363 e. The zero-order valence-corrected chi connectivity index (χ0v) is 19.2. The summed E-state index contributed by atoms with van der Waals surface area (Å²) in [4.78, 5) is 13.6. The van der Waals surface area contributed by atoms with Crippen LogP contribution in [0.1, 0.15) is 38.2 Å². The van der Waals surface area contributed by atoms with Crippen molar-refractivity contribution in [3.05, 3.63) is 137 Å². The highest BCUT2D eigenvalue weighted by molar-refractivity contribution is 5.79. The molecule has 0 saturated heterocycles. The van der Waals surface area contributed by atoms with E-state index in [2.05, 4.69) is 85.5 Å². The van der Waals surface area contributed by atoms with E-state index in [1.165, 1.54) is 22.4 Å². The van der Waals surface area contributed by atoms with Crippen molar-refractivity contribution in [2.24, 2.45) is 0 Å². The Balaban J connectivity index is 0.000000352. The molecule has 0 atom stereocenters. The molecule has 0 heterocycles. The molecule has 0 saturated carbocycles. The molecule has 0 unspecified atom stereocenters. The van der Waals surface area contributed by atoms with Gasteiger partial charge < -0.3 is 4.90 Å². The smallest absolute Gasteiger partial charge is 0.150 e. The standard InChI is InChI=1S/C23H23NO.C7H8/c1-18-14-23(19(2)13-22(18)17-25)24(15-20-9-5-3-6-10-20)16-21-11-7-4-8-12-21;1-7-5-3-2-4-6-7/h3-14,17H,15-16H2,1-2H3;2-6H,1H3. The molecule has 0 aromatic heterocycles. The van der Waals surface area contributed by atoms with Gasteiger partial charge in [0.2, 0.25) is 0 Å². The second-order valence-corrected chi connectivity index (χ2v) is 8.10. The average Bonchev–Trinajstić information content (AvgIpc) is 2.82. The maximum absolute atomic E-state index is 11.2. The fourth-order valence-corrected chi connectivity index (χ4v) is 3.66. The minimum atomic E-state index is 0.764. The van der Waals surface area contributed by atoms with Crippen molar-refractivity contribution in [1.29, 1.82) is 0 Å². The monoisotopic (exact) mass is 421 g/mol. The molecule has 0 spiro atoms. The Hall–Kier alpha value is -3.65. The topological polar surface area (TPSA) is 20.3 Å². The maximum atomic E-state index is 11.2. The van der Waals surface area contributed by atoms with E-state index in [9.17, 15) is 4.79 Å². The van der Waals surface area contributed by atoms with Crippen LogP contribution in [0.3, 0.4) is 0 Å². The number of hydrogen-bond acceptors (Lipinski definition) is 2. The third-order valence-electron chi connectivity index (χ3n) is 5.43. The summed E-state index contributed by atoms with van der Waals surface area (Å²) in [5.74, 6) is 0. The first-order valence-corrected chi connectivity index (χ1v) is 11.0. The molecule has 0 radical (unpaired) electrons. The number of carbonyl (C=O) groups excluding carboxylic acids is 1. The van der Waals surface area contributed by atoms with Gasteiger partial charge in [-0.3, -0.25) is 4.79 Å². The lowest BCUT2D eigenvalue weighted by molar-refractivity contribution is 0.112. The first kappa shape index (κ1) is 23.0. The maximum Gasteiger partial charge on any atom is 0.150 e. The van der Waals surface area contributed by atoms with Gasteiger partial charge in [-0.1, -0.05) is 96.6 Å². The van der Waals surface area contributed by atoms with Gasteiger partial charge in [-0.05, 0) is 55.2 Å². The van der Waals surface area contributed by atoms with Crippen molar-refractivity contribution in [3.8, 4) is 0 Å². The minimum Gasteiger partial charge on any atom is -0.363 e. The summed E-state index contributed by atoms with van der Waals surface area (Å²) in [6.45, 7) is 7.81. The van der Waals surface area contributed by atoms with Crippen LogP contribution in [0.4, 0.5) is 5.69 Å². The fourth-order valence-electron chi connectivity index (χ4n) is 3.66. The van der Waals surface area contributed by atoms with E-state index in [-0.39, 0.29) is 0 Å². The van der Waals surface area contributed by atoms with Crippen LogP contribution in [0.5, 0.6) is 0 Å². The average molecular weight is 422 g/mol. The summed E-state index contributed by atoms with van der Waals surface area (Å²) < 4.78 is 0. The molecule has 4 rings (SSSR count). The van der Waals surface area contributed by atoms with Crippen LogP contribution >= 0.6 is 0 Å². The number of rotatable bonds is 6. The molecule has 32 heavy (non-hydrogen) atoms. The third kappa shape index (κ3) is 6.68. The van der Waals surface area contributed by atoms with Crippen LogP contribution in [0.15, 0.2) is 103 Å². The number of aryl methyl sites for hydroxylation is 3. The summed E-state index contributed by atoms with van der Waals surface area (Å²) in [6.07, 6.45) is 0.935. The molecule has 4 aromatic carbocycles. The molecule has 2 heteroatoms. The second-order valence-electron chi connectivity index (χ2n) is 8.10. The van der Waals surface area contributed by atoms with Gasteiger partial charge in [-0.25, -0.2) is 0 Å². The van der Waals surface area contributed by atoms with Gasteiger partial charge in [-0.2, -0.15) is 0 Å². The molecule has 2 nitrogen and oxygen atoms in total. The lowest BCUT2D eigenvalue weighted by atomic mass is 10.0. The number of benzene rings is 4. The van der Waals surface area contributed by atoms with Crippen LogP contribution in [0, 0.1) is 20.8 Å². The number of nitrogens with zero attached hydrogens (tertiary/aromatic N) is 1. The quantitative estimate of drug-likeness (QED) is 0.304. The summed E-state index contributed by atoms with van der Waals surface area (Å²) in [5, 5.41) is 0. The first-order chi connectivity index (χ1) is 15.6. The highest BCUT2D eigenvalue weighted by atomic mass is 16.1. The van der Waals surface area contributed by atoms with E-state index in [4.69, 9.17) is 0 Å². The normalized spacial score (nSPS) is 10.1. The van der Waals surface area contributed by atoms with Gasteiger partial charge in [0.05, 0.1) is 0 Å². The molecule has 0 fully saturated rings. The molecule has 0 bridgehead atoms. The Morgan fingerprint density at radius 3 is 1.50 bits per heavy atom. The number of hydrogen-bond donors (Lipinski definition) is 0. The summed E-state index contributed by atoms with van der Waals surface area (Å²) in [5.41, 5.74) is 7.95. The van der Waals surface area contributed by atoms with Crippen LogP contribution in [0.2, 0.25) is 0 Å². The number of carbonyl (C=O) groups is 1. The first-order valence-electron chi connectivity index (χ1n) is 11.0. The van der Waals surface area contributed by atoms with E-state index in [0.29, 0.717) is 0 Å². The van der Waals surface area contributed by atoms with Gasteiger partial charge in [0.15, 0.2) is 0 Å². The summed E-state index contributed by atoms with van der Waals surface area (Å²) >= 11 is 0. The molecule has 0 aliphatic heterocycles. The van der Waals surface area contributed by atoms with Crippen LogP contribution in [0.25, 0.3) is 0 Å². The molecule has 4 aromatic rings. The Morgan fingerprint density at radius 1 is 0.625 bits per heavy atom. The van der Waals surface area contributed by atoms with Crippen molar-refractivity contribution in [2.75, 3.05) is 4.90 Å². The molecule has 162 valence electrons. The summed E-state index contributed by atoms with van der Waals surface area (Å²) in [7, 11) is 0. The molecule has 0 amide bonds. The van der Waals surface area contributed by atoms with Crippen LogP contribution in [-0.4, -0.2) is 6.29 Å². The molecule has 0 N–H and O–H groups in total. The van der Waals surface area contributed by atoms with Gasteiger partial charge in [0.1, 0.15) is 6.29 Å². The Morgan fingerprint density at radius 2 is 1.09 bits per heavy atom. The zero-order chi connectivity index (χ0) is 22.8. The van der Waals surface area contributed by atoms with Crippen molar-refractivity contribution in [2.45, 2.75) is 33.9 Å². The highest BCUT2D eigenvalue weighted by Crippen LogP contribution is 2.27. The predicted octanol–water partition coefficient (Wildman–Crippen LogP) is 7.32. The van der Waals surface area contributed by atoms with Crippen LogP contribution < -0.4 is 4.90 Å². The van der Waals surface area contributed by atoms with Gasteiger partial charge in [0, 0.05) is 24.3 Å². The SMILES string of the molecule is Cc1cc(N(Cc2ccccc2)Cc2ccccc2)c(C)cc1C=O.Cc1ccccc1. The van der Waals surface area contributed by atoms with Crippen molar-refractivity contribution < 1.29 is 4.79 Å². The van der Waals surface area contributed by atoms with Crippen molar-refractivity contribution in [1.82, 2.24) is 0 Å². The summed E-state index contributed by atoms with van der Waals surface area (Å²) in [6, 6.07) is 35.4. The third-order valence-corrected chi connectivity index (χ3v) is 5.43. The van der Waals surface area contributed by atoms with Crippen molar-refractivity contribution >= 4 is 12.0 Å². The van der Waals surface area contributed by atoms with Crippen molar-refractivity contribution in [3.63, 3.8) is 0 Å². The lowest BCUT2D eigenvalue weighted by Crippen LogP contribution is -2.23. The van der Waals surface area contributed by atoms with E-state index < -0.39 is 0 Å². The van der Waals surface area contributed by atoms with Gasteiger partial charge >= 0.3 is 0 Å². The minimum absolute atomic E-state index is 0.764. The molecule has 0 aliphatic carbocycles. The zero-order valence-electron chi connectivity index (χ0n) is 19.2. The number of anilines is 1. The second kappa shape index (κ2) is 11.7. The van der Waals surface area contributed by atoms with Gasteiger partial charge in [0.25, 0.3) is 0 Å². The van der Waals surface area contributed by atoms with E-state index in [1.807, 2.05) is 43.3 Å².